The summed E-state index contributed by atoms with van der Waals surface area (Å²) in [4.78, 5) is 11.3. The highest BCUT2D eigenvalue weighted by Crippen LogP contribution is 2.07. The van der Waals surface area contributed by atoms with Crippen molar-refractivity contribution >= 4 is 6.09 Å². The zero-order valence-corrected chi connectivity index (χ0v) is 9.76. The maximum absolute atomic E-state index is 11.3. The Morgan fingerprint density at radius 1 is 1.43 bits per heavy atom. The lowest BCUT2D eigenvalue weighted by molar-refractivity contribution is 0.0505. The molecule has 0 heterocycles. The first kappa shape index (κ1) is 13.2. The van der Waals surface area contributed by atoms with Gasteiger partial charge in [0.05, 0.1) is 0 Å². The number of amides is 1. The van der Waals surface area contributed by atoms with Crippen LogP contribution in [0.1, 0.15) is 41.0 Å². The van der Waals surface area contributed by atoms with Crippen LogP contribution in [-0.4, -0.2) is 23.8 Å². The van der Waals surface area contributed by atoms with Gasteiger partial charge >= 0.3 is 6.09 Å². The minimum atomic E-state index is -0.446. The molecule has 0 aliphatic heterocycles. The number of carbonyl (C=O) groups is 1. The molecule has 0 unspecified atom stereocenters. The van der Waals surface area contributed by atoms with E-state index in [9.17, 15) is 4.79 Å². The largest absolute Gasteiger partial charge is 0.444 e. The first-order chi connectivity index (χ1) is 6.20. The summed E-state index contributed by atoms with van der Waals surface area (Å²) >= 11 is 0. The highest BCUT2D eigenvalue weighted by molar-refractivity contribution is 5.67. The molecule has 0 saturated heterocycles. The summed E-state index contributed by atoms with van der Waals surface area (Å²) in [5, 5.41) is 2.73. The Bertz CT molecular complexity index is 185. The third-order valence-electron chi connectivity index (χ3n) is 1.49. The van der Waals surface area contributed by atoms with Crippen LogP contribution < -0.4 is 11.1 Å². The van der Waals surface area contributed by atoms with E-state index in [4.69, 9.17) is 10.5 Å². The predicted molar refractivity (Wildman–Crippen MR) is 57.1 cm³/mol. The number of nitrogens with two attached hydrogens (primary N) is 1. The fraction of sp³-hybridized carbons (Fsp3) is 0.900. The Morgan fingerprint density at radius 2 is 1.93 bits per heavy atom. The van der Waals surface area contributed by atoms with Crippen molar-refractivity contribution < 1.29 is 9.53 Å². The number of nitrogens with one attached hydrogen (secondary N) is 1. The van der Waals surface area contributed by atoms with E-state index >= 15 is 0 Å². The zero-order valence-electron chi connectivity index (χ0n) is 9.76. The van der Waals surface area contributed by atoms with E-state index < -0.39 is 5.60 Å². The summed E-state index contributed by atoms with van der Waals surface area (Å²) in [6.45, 7) is 9.33. The topological polar surface area (TPSA) is 64.3 Å². The average molecular weight is 202 g/mol. The zero-order chi connectivity index (χ0) is 11.4. The Kier molecular flexibility index (Phi) is 4.91. The van der Waals surface area contributed by atoms with Crippen LogP contribution in [0.4, 0.5) is 4.79 Å². The van der Waals surface area contributed by atoms with E-state index in [0.29, 0.717) is 0 Å². The van der Waals surface area contributed by atoms with Gasteiger partial charge in [0.15, 0.2) is 0 Å². The maximum Gasteiger partial charge on any atom is 0.407 e. The van der Waals surface area contributed by atoms with Crippen LogP contribution in [0.2, 0.25) is 0 Å². The first-order valence-corrected chi connectivity index (χ1v) is 4.96. The Morgan fingerprint density at radius 3 is 2.29 bits per heavy atom. The van der Waals surface area contributed by atoms with E-state index in [1.54, 1.807) is 0 Å². The number of hydrogen-bond acceptors (Lipinski definition) is 3. The minimum absolute atomic E-state index is 0.0462. The molecule has 0 aromatic rings. The number of hydrogen-bond donors (Lipinski definition) is 2. The Hall–Kier alpha value is -0.770. The summed E-state index contributed by atoms with van der Waals surface area (Å²) in [6, 6.07) is 0.129. The van der Waals surface area contributed by atoms with E-state index in [1.165, 1.54) is 0 Å². The molecule has 0 radical (unpaired) electrons. The molecular weight excluding hydrogens is 180 g/mol. The molecule has 0 aromatic carbocycles. The molecular formula is C10H22N2O2. The highest BCUT2D eigenvalue weighted by Gasteiger charge is 2.17. The number of rotatable bonds is 3. The quantitative estimate of drug-likeness (QED) is 0.731. The second-order valence-corrected chi connectivity index (χ2v) is 4.76. The Labute approximate surface area is 86.2 Å². The van der Waals surface area contributed by atoms with Gasteiger partial charge in [-0.1, -0.05) is 0 Å². The van der Waals surface area contributed by atoms with Crippen LogP contribution in [0, 0.1) is 0 Å². The van der Waals surface area contributed by atoms with Crippen LogP contribution in [0.5, 0.6) is 0 Å². The third kappa shape index (κ3) is 7.86. The smallest absolute Gasteiger partial charge is 0.407 e. The average Bonchev–Trinajstić information content (AvgIpc) is 1.77. The molecule has 0 aliphatic carbocycles. The molecule has 2 atom stereocenters. The molecule has 14 heavy (non-hydrogen) atoms. The fourth-order valence-corrected chi connectivity index (χ4v) is 1.13. The minimum Gasteiger partial charge on any atom is -0.444 e. The standard InChI is InChI=1S/C10H22N2O2/c1-7(11)6-8(2)12-9(13)14-10(3,4)5/h7-8H,6,11H2,1-5H3,(H,12,13)/t7-,8-/m0/s1. The number of carbonyl (C=O) groups excluding carboxylic acids is 1. The van der Waals surface area contributed by atoms with Crippen molar-refractivity contribution in [2.45, 2.75) is 58.7 Å². The van der Waals surface area contributed by atoms with Gasteiger partial charge in [-0.2, -0.15) is 0 Å². The predicted octanol–water partition coefficient (Wildman–Crippen LogP) is 1.64. The molecule has 0 aliphatic rings. The van der Waals surface area contributed by atoms with Gasteiger partial charge in [-0.25, -0.2) is 4.79 Å². The first-order valence-electron chi connectivity index (χ1n) is 4.96. The van der Waals surface area contributed by atoms with Crippen molar-refractivity contribution in [3.8, 4) is 0 Å². The second-order valence-electron chi connectivity index (χ2n) is 4.76. The molecule has 1 amide bonds. The summed E-state index contributed by atoms with van der Waals surface area (Å²) in [5.74, 6) is 0. The van der Waals surface area contributed by atoms with Gasteiger partial charge in [0.1, 0.15) is 5.60 Å². The lowest BCUT2D eigenvalue weighted by Gasteiger charge is -2.22. The molecule has 4 nitrogen and oxygen atoms in total. The molecule has 0 spiro atoms. The second kappa shape index (κ2) is 5.20. The van der Waals surface area contributed by atoms with Crippen molar-refractivity contribution in [1.29, 1.82) is 0 Å². The van der Waals surface area contributed by atoms with E-state index in [0.717, 1.165) is 6.42 Å². The van der Waals surface area contributed by atoms with Gasteiger partial charge in [-0.05, 0) is 41.0 Å². The molecule has 0 fully saturated rings. The molecule has 0 rings (SSSR count). The molecule has 0 aromatic heterocycles. The van der Waals surface area contributed by atoms with Crippen LogP contribution in [-0.2, 0) is 4.74 Å². The van der Waals surface area contributed by atoms with Crippen LogP contribution in [0.3, 0.4) is 0 Å². The molecule has 4 heteroatoms. The van der Waals surface area contributed by atoms with Crippen molar-refractivity contribution in [3.05, 3.63) is 0 Å². The summed E-state index contributed by atoms with van der Waals surface area (Å²) in [7, 11) is 0. The summed E-state index contributed by atoms with van der Waals surface area (Å²) in [5.41, 5.74) is 5.16. The number of alkyl carbamates (subject to hydrolysis) is 1. The van der Waals surface area contributed by atoms with Gasteiger partial charge in [0.2, 0.25) is 0 Å². The van der Waals surface area contributed by atoms with Crippen molar-refractivity contribution in [1.82, 2.24) is 5.32 Å². The van der Waals surface area contributed by atoms with Gasteiger partial charge in [0.25, 0.3) is 0 Å². The normalized spacial score (nSPS) is 15.9. The summed E-state index contributed by atoms with van der Waals surface area (Å²) in [6.07, 6.45) is 0.366. The highest BCUT2D eigenvalue weighted by atomic mass is 16.6. The molecule has 0 saturated carbocycles. The van der Waals surface area contributed by atoms with Crippen molar-refractivity contribution in [2.75, 3.05) is 0 Å². The lowest BCUT2D eigenvalue weighted by Crippen LogP contribution is -2.39. The van der Waals surface area contributed by atoms with Gasteiger partial charge in [0, 0.05) is 12.1 Å². The van der Waals surface area contributed by atoms with Crippen LogP contribution in [0.25, 0.3) is 0 Å². The van der Waals surface area contributed by atoms with Crippen LogP contribution >= 0.6 is 0 Å². The van der Waals surface area contributed by atoms with Gasteiger partial charge in [-0.15, -0.1) is 0 Å². The van der Waals surface area contributed by atoms with Gasteiger partial charge < -0.3 is 15.8 Å². The van der Waals surface area contributed by atoms with Gasteiger partial charge in [-0.3, -0.25) is 0 Å². The lowest BCUT2D eigenvalue weighted by atomic mass is 10.1. The summed E-state index contributed by atoms with van der Waals surface area (Å²) < 4.78 is 5.10. The van der Waals surface area contributed by atoms with E-state index in [2.05, 4.69) is 5.32 Å². The molecule has 0 bridgehead atoms. The van der Waals surface area contributed by atoms with Crippen LogP contribution in [0.15, 0.2) is 0 Å². The molecule has 84 valence electrons. The third-order valence-corrected chi connectivity index (χ3v) is 1.49. The van der Waals surface area contributed by atoms with E-state index in [1.807, 2.05) is 34.6 Å². The maximum atomic E-state index is 11.3. The SMILES string of the molecule is C[C@H](N)C[C@H](C)NC(=O)OC(C)(C)C. The van der Waals surface area contributed by atoms with Crippen molar-refractivity contribution in [2.24, 2.45) is 5.73 Å². The van der Waals surface area contributed by atoms with E-state index in [-0.39, 0.29) is 18.2 Å². The number of ether oxygens (including phenoxy) is 1. The van der Waals surface area contributed by atoms with Crippen molar-refractivity contribution in [3.63, 3.8) is 0 Å². The fourth-order valence-electron chi connectivity index (χ4n) is 1.13. The molecule has 3 N–H and O–H groups in total. The Balaban J connectivity index is 3.83. The monoisotopic (exact) mass is 202 g/mol.